The molecule has 0 aliphatic heterocycles. The van der Waals surface area contributed by atoms with Crippen molar-refractivity contribution in [2.75, 3.05) is 0 Å². The molecule has 1 aromatic carbocycles. The summed E-state index contributed by atoms with van der Waals surface area (Å²) in [6.07, 6.45) is -1.23. The Bertz CT molecular complexity index is 382. The van der Waals surface area contributed by atoms with Crippen LogP contribution in [0.4, 0.5) is 0 Å². The fourth-order valence-electron chi connectivity index (χ4n) is 1.24. The number of aliphatic hydroxyl groups is 1. The van der Waals surface area contributed by atoms with E-state index in [0.29, 0.717) is 5.56 Å². The van der Waals surface area contributed by atoms with Gasteiger partial charge in [-0.15, -0.1) is 0 Å². The highest BCUT2D eigenvalue weighted by Gasteiger charge is 2.40. The lowest BCUT2D eigenvalue weighted by atomic mass is 9.90. The zero-order valence-corrected chi connectivity index (χ0v) is 10.2. The van der Waals surface area contributed by atoms with Gasteiger partial charge in [0.15, 0.2) is 5.54 Å². The minimum atomic E-state index is -1.62. The van der Waals surface area contributed by atoms with Crippen molar-refractivity contribution >= 4 is 21.9 Å². The molecule has 16 heavy (non-hydrogen) atoms. The van der Waals surface area contributed by atoms with Gasteiger partial charge in [-0.05, 0) is 24.6 Å². The number of benzene rings is 1. The van der Waals surface area contributed by atoms with E-state index < -0.39 is 17.6 Å². The summed E-state index contributed by atoms with van der Waals surface area (Å²) < 4.78 is 0.848. The average molecular weight is 289 g/mol. The van der Waals surface area contributed by atoms with E-state index in [1.54, 1.807) is 24.3 Å². The van der Waals surface area contributed by atoms with Crippen molar-refractivity contribution in [2.24, 2.45) is 5.84 Å². The fourth-order valence-corrected chi connectivity index (χ4v) is 1.50. The summed E-state index contributed by atoms with van der Waals surface area (Å²) in [5, 5.41) is 19.0. The summed E-state index contributed by atoms with van der Waals surface area (Å²) in [4.78, 5) is 11.0. The van der Waals surface area contributed by atoms with Gasteiger partial charge >= 0.3 is 5.97 Å². The maximum absolute atomic E-state index is 11.0. The second kappa shape index (κ2) is 4.92. The average Bonchev–Trinajstić information content (AvgIpc) is 2.27. The van der Waals surface area contributed by atoms with Gasteiger partial charge in [-0.3, -0.25) is 10.6 Å². The molecular weight excluding hydrogens is 276 g/mol. The van der Waals surface area contributed by atoms with Crippen LogP contribution in [0.3, 0.4) is 0 Å². The number of hydrazine groups is 1. The number of carboxylic acids is 1. The number of hydrogen-bond acceptors (Lipinski definition) is 4. The van der Waals surface area contributed by atoms with Crippen LogP contribution in [0.25, 0.3) is 0 Å². The number of halogens is 1. The number of aliphatic hydroxyl groups excluding tert-OH is 1. The molecule has 0 saturated heterocycles. The van der Waals surface area contributed by atoms with E-state index in [1.807, 2.05) is 0 Å². The standard InChI is InChI=1S/C10H13BrN2O3/c1-10(13-12,9(15)16)8(14)6-2-4-7(11)5-3-6/h2-5,8,13-14H,12H2,1H3,(H,15,16). The number of nitrogens with one attached hydrogen (secondary N) is 1. The minimum Gasteiger partial charge on any atom is -0.480 e. The van der Waals surface area contributed by atoms with Gasteiger partial charge in [0.1, 0.15) is 6.10 Å². The number of carboxylic acid groups (broad SMARTS) is 1. The van der Waals surface area contributed by atoms with Crippen molar-refractivity contribution in [1.82, 2.24) is 5.43 Å². The zero-order chi connectivity index (χ0) is 12.3. The Morgan fingerprint density at radius 2 is 2.00 bits per heavy atom. The summed E-state index contributed by atoms with van der Waals surface area (Å²) in [6, 6.07) is 6.70. The van der Waals surface area contributed by atoms with Gasteiger partial charge in [0, 0.05) is 4.47 Å². The second-order valence-corrected chi connectivity index (χ2v) is 4.52. The molecule has 5 nitrogen and oxygen atoms in total. The summed E-state index contributed by atoms with van der Waals surface area (Å²) in [6.45, 7) is 1.32. The third kappa shape index (κ3) is 2.41. The Morgan fingerprint density at radius 1 is 1.50 bits per heavy atom. The molecule has 0 fully saturated rings. The Kier molecular flexibility index (Phi) is 4.03. The van der Waals surface area contributed by atoms with Crippen molar-refractivity contribution in [3.05, 3.63) is 34.3 Å². The molecule has 1 rings (SSSR count). The summed E-state index contributed by atoms with van der Waals surface area (Å²) in [7, 11) is 0. The number of hydrogen-bond donors (Lipinski definition) is 4. The Hall–Kier alpha value is -0.950. The van der Waals surface area contributed by atoms with E-state index in [4.69, 9.17) is 10.9 Å². The molecule has 0 radical (unpaired) electrons. The molecule has 6 heteroatoms. The maximum Gasteiger partial charge on any atom is 0.328 e. The van der Waals surface area contributed by atoms with Crippen molar-refractivity contribution in [3.63, 3.8) is 0 Å². The van der Waals surface area contributed by atoms with Crippen LogP contribution in [0.5, 0.6) is 0 Å². The largest absolute Gasteiger partial charge is 0.480 e. The first kappa shape index (κ1) is 13.1. The molecule has 0 aromatic heterocycles. The third-order valence-electron chi connectivity index (χ3n) is 2.48. The number of rotatable bonds is 4. The van der Waals surface area contributed by atoms with Gasteiger partial charge < -0.3 is 10.2 Å². The van der Waals surface area contributed by atoms with Crippen LogP contribution in [0.1, 0.15) is 18.6 Å². The SMILES string of the molecule is CC(NN)(C(=O)O)C(O)c1ccc(Br)cc1. The van der Waals surface area contributed by atoms with Crippen LogP contribution in [0.15, 0.2) is 28.7 Å². The molecule has 88 valence electrons. The molecule has 0 aliphatic carbocycles. The molecule has 1 aromatic rings. The topological polar surface area (TPSA) is 95.6 Å². The number of aliphatic carboxylic acids is 1. The lowest BCUT2D eigenvalue weighted by Crippen LogP contribution is -2.57. The van der Waals surface area contributed by atoms with E-state index in [0.717, 1.165) is 4.47 Å². The number of nitrogens with two attached hydrogens (primary N) is 1. The highest BCUT2D eigenvalue weighted by atomic mass is 79.9. The first-order chi connectivity index (χ1) is 7.41. The van der Waals surface area contributed by atoms with Crippen LogP contribution < -0.4 is 11.3 Å². The molecule has 5 N–H and O–H groups in total. The third-order valence-corrected chi connectivity index (χ3v) is 3.01. The molecule has 0 spiro atoms. The van der Waals surface area contributed by atoms with Crippen molar-refractivity contribution < 1.29 is 15.0 Å². The second-order valence-electron chi connectivity index (χ2n) is 3.61. The smallest absolute Gasteiger partial charge is 0.328 e. The van der Waals surface area contributed by atoms with Gasteiger partial charge in [0.2, 0.25) is 0 Å². The highest BCUT2D eigenvalue weighted by molar-refractivity contribution is 9.10. The van der Waals surface area contributed by atoms with Crippen molar-refractivity contribution in [1.29, 1.82) is 0 Å². The molecule has 0 heterocycles. The van der Waals surface area contributed by atoms with Crippen LogP contribution >= 0.6 is 15.9 Å². The maximum atomic E-state index is 11.0. The van der Waals surface area contributed by atoms with Gasteiger partial charge in [0.25, 0.3) is 0 Å². The molecular formula is C10H13BrN2O3. The summed E-state index contributed by atoms with van der Waals surface area (Å²) >= 11 is 3.25. The summed E-state index contributed by atoms with van der Waals surface area (Å²) in [5.74, 6) is 3.96. The zero-order valence-electron chi connectivity index (χ0n) is 8.64. The molecule has 0 bridgehead atoms. The van der Waals surface area contributed by atoms with E-state index >= 15 is 0 Å². The summed E-state index contributed by atoms with van der Waals surface area (Å²) in [5.41, 5.74) is 0.990. The number of carbonyl (C=O) groups is 1. The Balaban J connectivity index is 3.04. The predicted molar refractivity (Wildman–Crippen MR) is 62.5 cm³/mol. The quantitative estimate of drug-likeness (QED) is 0.485. The molecule has 2 unspecified atom stereocenters. The van der Waals surface area contributed by atoms with Gasteiger partial charge in [0.05, 0.1) is 0 Å². The van der Waals surface area contributed by atoms with Crippen LogP contribution in [-0.4, -0.2) is 21.7 Å². The van der Waals surface area contributed by atoms with Gasteiger partial charge in [-0.2, -0.15) is 0 Å². The fraction of sp³-hybridized carbons (Fsp3) is 0.300. The van der Waals surface area contributed by atoms with Gasteiger partial charge in [-0.1, -0.05) is 28.1 Å². The van der Waals surface area contributed by atoms with Gasteiger partial charge in [-0.25, -0.2) is 5.43 Å². The first-order valence-electron chi connectivity index (χ1n) is 4.56. The lowest BCUT2D eigenvalue weighted by molar-refractivity contribution is -0.149. The normalized spacial score (nSPS) is 16.5. The highest BCUT2D eigenvalue weighted by Crippen LogP contribution is 2.26. The van der Waals surface area contributed by atoms with Crippen LogP contribution in [-0.2, 0) is 4.79 Å². The lowest BCUT2D eigenvalue weighted by Gasteiger charge is -2.29. The molecule has 2 atom stereocenters. The van der Waals surface area contributed by atoms with Crippen LogP contribution in [0, 0.1) is 0 Å². The molecule has 0 aliphatic rings. The van der Waals surface area contributed by atoms with Crippen LogP contribution in [0.2, 0.25) is 0 Å². The Labute approximate surface area is 101 Å². The molecule has 0 saturated carbocycles. The van der Waals surface area contributed by atoms with E-state index in [-0.39, 0.29) is 0 Å². The molecule has 0 amide bonds. The first-order valence-corrected chi connectivity index (χ1v) is 5.36. The Morgan fingerprint density at radius 3 is 2.38 bits per heavy atom. The minimum absolute atomic E-state index is 0.478. The monoisotopic (exact) mass is 288 g/mol. The van der Waals surface area contributed by atoms with E-state index in [2.05, 4.69) is 21.4 Å². The van der Waals surface area contributed by atoms with Crippen molar-refractivity contribution in [3.8, 4) is 0 Å². The van der Waals surface area contributed by atoms with E-state index in [9.17, 15) is 9.90 Å². The predicted octanol–water partition coefficient (Wildman–Crippen LogP) is 0.789. The van der Waals surface area contributed by atoms with E-state index in [1.165, 1.54) is 6.92 Å². The van der Waals surface area contributed by atoms with Crippen molar-refractivity contribution in [2.45, 2.75) is 18.6 Å².